The van der Waals surface area contributed by atoms with E-state index in [9.17, 15) is 0 Å². The van der Waals surface area contributed by atoms with Crippen molar-refractivity contribution in [2.75, 3.05) is 32.9 Å². The highest BCUT2D eigenvalue weighted by molar-refractivity contribution is 4.66. The van der Waals surface area contributed by atoms with Crippen molar-refractivity contribution in [3.8, 4) is 0 Å². The lowest BCUT2D eigenvalue weighted by molar-refractivity contribution is -0.181. The van der Waals surface area contributed by atoms with E-state index in [1.54, 1.807) is 0 Å². The van der Waals surface area contributed by atoms with Gasteiger partial charge in [0.15, 0.2) is 6.29 Å². The molecule has 2 rings (SSSR count). The highest BCUT2D eigenvalue weighted by Crippen LogP contribution is 2.14. The molecule has 14 heavy (non-hydrogen) atoms. The van der Waals surface area contributed by atoms with Gasteiger partial charge in [0, 0.05) is 19.7 Å². The highest BCUT2D eigenvalue weighted by atomic mass is 16.7. The summed E-state index contributed by atoms with van der Waals surface area (Å²) in [6.45, 7) is 4.13. The first kappa shape index (κ1) is 10.4. The predicted molar refractivity (Wildman–Crippen MR) is 52.2 cm³/mol. The van der Waals surface area contributed by atoms with E-state index in [-0.39, 0.29) is 12.4 Å². The first-order valence-electron chi connectivity index (χ1n) is 5.50. The van der Waals surface area contributed by atoms with Gasteiger partial charge >= 0.3 is 0 Å². The van der Waals surface area contributed by atoms with Crippen molar-refractivity contribution in [1.82, 2.24) is 5.32 Å². The summed E-state index contributed by atoms with van der Waals surface area (Å²) >= 11 is 0. The van der Waals surface area contributed by atoms with Crippen molar-refractivity contribution in [1.29, 1.82) is 0 Å². The quantitative estimate of drug-likeness (QED) is 0.722. The summed E-state index contributed by atoms with van der Waals surface area (Å²) in [5.74, 6) is 0. The number of morpholine rings is 1. The molecule has 2 atom stereocenters. The lowest BCUT2D eigenvalue weighted by Crippen LogP contribution is -2.42. The largest absolute Gasteiger partial charge is 0.373 e. The zero-order valence-electron chi connectivity index (χ0n) is 8.54. The van der Waals surface area contributed by atoms with Gasteiger partial charge in [-0.1, -0.05) is 0 Å². The Morgan fingerprint density at radius 2 is 2.21 bits per heavy atom. The molecule has 0 amide bonds. The second kappa shape index (κ2) is 5.66. The molecule has 1 unspecified atom stereocenters. The molecule has 2 heterocycles. The minimum absolute atomic E-state index is 0.00859. The molecule has 2 aliphatic heterocycles. The van der Waals surface area contributed by atoms with Crippen molar-refractivity contribution in [3.63, 3.8) is 0 Å². The molecule has 4 nitrogen and oxygen atoms in total. The molecule has 2 aliphatic rings. The van der Waals surface area contributed by atoms with Crippen LogP contribution in [0.3, 0.4) is 0 Å². The van der Waals surface area contributed by atoms with Gasteiger partial charge in [0.1, 0.15) is 0 Å². The molecule has 0 bridgehead atoms. The maximum atomic E-state index is 5.64. The minimum Gasteiger partial charge on any atom is -0.373 e. The second-order valence-corrected chi connectivity index (χ2v) is 3.83. The third kappa shape index (κ3) is 3.20. The van der Waals surface area contributed by atoms with Crippen LogP contribution in [0, 0.1) is 0 Å². The monoisotopic (exact) mass is 201 g/mol. The summed E-state index contributed by atoms with van der Waals surface area (Å²) in [7, 11) is 0. The molecule has 2 fully saturated rings. The molecule has 0 aromatic rings. The third-order valence-corrected chi connectivity index (χ3v) is 2.61. The smallest absolute Gasteiger partial charge is 0.157 e. The van der Waals surface area contributed by atoms with Crippen LogP contribution in [0.15, 0.2) is 0 Å². The normalized spacial score (nSPS) is 34.3. The van der Waals surface area contributed by atoms with Gasteiger partial charge in [-0.25, -0.2) is 0 Å². The van der Waals surface area contributed by atoms with Crippen molar-refractivity contribution in [3.05, 3.63) is 0 Å². The van der Waals surface area contributed by atoms with Crippen LogP contribution in [0.1, 0.15) is 19.3 Å². The summed E-state index contributed by atoms with van der Waals surface area (Å²) in [6.07, 6.45) is 3.62. The summed E-state index contributed by atoms with van der Waals surface area (Å²) in [5, 5.41) is 3.28. The van der Waals surface area contributed by atoms with Crippen LogP contribution in [0.5, 0.6) is 0 Å². The van der Waals surface area contributed by atoms with E-state index in [2.05, 4.69) is 5.32 Å². The molecule has 82 valence electrons. The maximum absolute atomic E-state index is 5.64. The molecule has 1 N–H and O–H groups in total. The Balaban J connectivity index is 1.60. The van der Waals surface area contributed by atoms with Gasteiger partial charge in [-0.3, -0.25) is 0 Å². The summed E-state index contributed by atoms with van der Waals surface area (Å²) in [4.78, 5) is 0. The number of hydrogen-bond acceptors (Lipinski definition) is 4. The predicted octanol–water partition coefficient (Wildman–Crippen LogP) is 0.518. The fourth-order valence-electron chi connectivity index (χ4n) is 1.78. The molecular formula is C10H19NO3. The summed E-state index contributed by atoms with van der Waals surface area (Å²) < 4.78 is 16.6. The van der Waals surface area contributed by atoms with Crippen molar-refractivity contribution >= 4 is 0 Å². The van der Waals surface area contributed by atoms with Crippen LogP contribution in [0.25, 0.3) is 0 Å². The molecule has 2 saturated heterocycles. The molecule has 0 aromatic carbocycles. The summed E-state index contributed by atoms with van der Waals surface area (Å²) in [6, 6.07) is 0. The van der Waals surface area contributed by atoms with Crippen LogP contribution in [0.4, 0.5) is 0 Å². The Bertz CT molecular complexity index is 135. The van der Waals surface area contributed by atoms with Crippen LogP contribution in [0.2, 0.25) is 0 Å². The van der Waals surface area contributed by atoms with E-state index in [0.29, 0.717) is 6.61 Å². The standard InChI is InChI=1S/C10H19NO3/c1-2-5-13-10(3-1)14-8-9-7-11-4-6-12-9/h9-11H,1-8H2/t9-,10?/m1/s1. The number of nitrogens with one attached hydrogen (secondary N) is 1. The van der Waals surface area contributed by atoms with Gasteiger partial charge in [-0.05, 0) is 19.3 Å². The first-order chi connectivity index (χ1) is 6.95. The fourth-order valence-corrected chi connectivity index (χ4v) is 1.78. The fraction of sp³-hybridized carbons (Fsp3) is 1.00. The van der Waals surface area contributed by atoms with E-state index in [1.807, 2.05) is 0 Å². The van der Waals surface area contributed by atoms with Gasteiger partial charge in [0.2, 0.25) is 0 Å². The van der Waals surface area contributed by atoms with E-state index in [0.717, 1.165) is 32.7 Å². The van der Waals surface area contributed by atoms with Gasteiger partial charge in [0.05, 0.1) is 19.3 Å². The maximum Gasteiger partial charge on any atom is 0.157 e. The zero-order valence-corrected chi connectivity index (χ0v) is 8.54. The van der Waals surface area contributed by atoms with Gasteiger partial charge in [-0.2, -0.15) is 0 Å². The molecule has 0 aliphatic carbocycles. The van der Waals surface area contributed by atoms with E-state index >= 15 is 0 Å². The highest BCUT2D eigenvalue weighted by Gasteiger charge is 2.18. The molecule has 0 spiro atoms. The van der Waals surface area contributed by atoms with Gasteiger partial charge < -0.3 is 19.5 Å². The lowest BCUT2D eigenvalue weighted by atomic mass is 10.2. The van der Waals surface area contributed by atoms with Gasteiger partial charge in [0.25, 0.3) is 0 Å². The topological polar surface area (TPSA) is 39.7 Å². The zero-order chi connectivity index (χ0) is 9.64. The lowest BCUT2D eigenvalue weighted by Gasteiger charge is -2.27. The van der Waals surface area contributed by atoms with Crippen molar-refractivity contribution < 1.29 is 14.2 Å². The van der Waals surface area contributed by atoms with Crippen LogP contribution < -0.4 is 5.32 Å². The van der Waals surface area contributed by atoms with Crippen LogP contribution >= 0.6 is 0 Å². The first-order valence-corrected chi connectivity index (χ1v) is 5.50. The molecule has 0 saturated carbocycles. The average molecular weight is 201 g/mol. The molecule has 0 radical (unpaired) electrons. The van der Waals surface area contributed by atoms with Crippen molar-refractivity contribution in [2.45, 2.75) is 31.7 Å². The Morgan fingerprint density at radius 1 is 1.21 bits per heavy atom. The van der Waals surface area contributed by atoms with Crippen molar-refractivity contribution in [2.24, 2.45) is 0 Å². The average Bonchev–Trinajstić information content (AvgIpc) is 2.29. The molecule has 0 aromatic heterocycles. The number of hydrogen-bond donors (Lipinski definition) is 1. The number of ether oxygens (including phenoxy) is 3. The van der Waals surface area contributed by atoms with E-state index < -0.39 is 0 Å². The Kier molecular flexibility index (Phi) is 4.19. The Hall–Kier alpha value is -0.160. The third-order valence-electron chi connectivity index (χ3n) is 2.61. The Labute approximate surface area is 84.9 Å². The van der Waals surface area contributed by atoms with Crippen LogP contribution in [-0.4, -0.2) is 45.3 Å². The number of rotatable bonds is 3. The minimum atomic E-state index is 0.00859. The summed E-state index contributed by atoms with van der Waals surface area (Å²) in [5.41, 5.74) is 0. The molecular weight excluding hydrogens is 182 g/mol. The van der Waals surface area contributed by atoms with E-state index in [1.165, 1.54) is 12.8 Å². The SMILES string of the molecule is C1CCC(OC[C@H]2CNCCO2)OC1. The second-order valence-electron chi connectivity index (χ2n) is 3.83. The van der Waals surface area contributed by atoms with Gasteiger partial charge in [-0.15, -0.1) is 0 Å². The van der Waals surface area contributed by atoms with E-state index in [4.69, 9.17) is 14.2 Å². The Morgan fingerprint density at radius 3 is 2.93 bits per heavy atom. The van der Waals surface area contributed by atoms with Crippen LogP contribution in [-0.2, 0) is 14.2 Å². The molecule has 4 heteroatoms.